The number of hydrogen-bond acceptors (Lipinski definition) is 2. The molecule has 114 valence electrons. The number of urea groups is 1. The van der Waals surface area contributed by atoms with Crippen molar-refractivity contribution in [2.75, 3.05) is 26.2 Å². The van der Waals surface area contributed by atoms with Gasteiger partial charge in [0.25, 0.3) is 0 Å². The quantitative estimate of drug-likeness (QED) is 0.860. The van der Waals surface area contributed by atoms with Crippen molar-refractivity contribution in [1.82, 2.24) is 15.1 Å². The highest BCUT2D eigenvalue weighted by Crippen LogP contribution is 2.17. The summed E-state index contributed by atoms with van der Waals surface area (Å²) in [5.74, 6) is 0.222. The molecule has 0 spiro atoms. The lowest BCUT2D eigenvalue weighted by atomic mass is 9.96. The Kier molecular flexibility index (Phi) is 5.68. The molecule has 0 aromatic heterocycles. The van der Waals surface area contributed by atoms with Crippen LogP contribution in [0.3, 0.4) is 0 Å². The van der Waals surface area contributed by atoms with Crippen LogP contribution in [0.2, 0.25) is 0 Å². The van der Waals surface area contributed by atoms with E-state index in [1.165, 1.54) is 19.3 Å². The fraction of sp³-hybridized carbons (Fsp3) is 0.867. The number of amides is 3. The number of nitrogens with one attached hydrogen (secondary N) is 1. The molecule has 0 radical (unpaired) electrons. The summed E-state index contributed by atoms with van der Waals surface area (Å²) in [4.78, 5) is 27.7. The smallest absolute Gasteiger partial charge is 0.317 e. The van der Waals surface area contributed by atoms with Gasteiger partial charge in [-0.05, 0) is 19.3 Å². The first-order chi connectivity index (χ1) is 9.70. The Morgan fingerprint density at radius 1 is 1.00 bits per heavy atom. The molecule has 2 aliphatic rings. The van der Waals surface area contributed by atoms with Crippen LogP contribution in [0.25, 0.3) is 0 Å². The van der Waals surface area contributed by atoms with Crippen molar-refractivity contribution in [1.29, 1.82) is 0 Å². The molecule has 1 saturated heterocycles. The normalized spacial score (nSPS) is 20.9. The summed E-state index contributed by atoms with van der Waals surface area (Å²) in [6.45, 7) is 4.70. The molecular weight excluding hydrogens is 254 g/mol. The van der Waals surface area contributed by atoms with E-state index < -0.39 is 0 Å². The standard InChI is InChI=1S/C15H27N3O2/c1-2-6-14(19)17-9-11-18(12-10-17)15(20)16-13-7-4-3-5-8-13/h13H,2-12H2,1H3,(H,16,20). The second-order valence-corrected chi connectivity index (χ2v) is 5.90. The van der Waals surface area contributed by atoms with Crippen LogP contribution in [0, 0.1) is 0 Å². The molecule has 2 rings (SSSR count). The number of hydrogen-bond donors (Lipinski definition) is 1. The Hall–Kier alpha value is -1.26. The minimum absolute atomic E-state index is 0.0551. The van der Waals surface area contributed by atoms with Crippen LogP contribution < -0.4 is 5.32 Å². The van der Waals surface area contributed by atoms with E-state index in [1.807, 2.05) is 16.7 Å². The number of rotatable bonds is 3. The Bertz CT molecular complexity index is 332. The van der Waals surface area contributed by atoms with E-state index in [1.54, 1.807) is 0 Å². The maximum absolute atomic E-state index is 12.2. The van der Waals surface area contributed by atoms with E-state index in [0.29, 0.717) is 38.6 Å². The lowest BCUT2D eigenvalue weighted by Crippen LogP contribution is -2.54. The number of nitrogens with zero attached hydrogens (tertiary/aromatic N) is 2. The van der Waals surface area contributed by atoms with Gasteiger partial charge in [0.15, 0.2) is 0 Å². The molecule has 0 unspecified atom stereocenters. The van der Waals surface area contributed by atoms with Crippen molar-refractivity contribution in [2.24, 2.45) is 0 Å². The lowest BCUT2D eigenvalue weighted by molar-refractivity contribution is -0.132. The van der Waals surface area contributed by atoms with Crippen molar-refractivity contribution in [3.63, 3.8) is 0 Å². The number of carbonyl (C=O) groups is 2. The van der Waals surface area contributed by atoms with E-state index in [-0.39, 0.29) is 11.9 Å². The van der Waals surface area contributed by atoms with Gasteiger partial charge in [-0.2, -0.15) is 0 Å². The zero-order valence-electron chi connectivity index (χ0n) is 12.6. The predicted octanol–water partition coefficient (Wildman–Crippen LogP) is 1.97. The molecule has 1 heterocycles. The van der Waals surface area contributed by atoms with Gasteiger partial charge >= 0.3 is 6.03 Å². The van der Waals surface area contributed by atoms with Crippen LogP contribution in [-0.4, -0.2) is 54.0 Å². The Morgan fingerprint density at radius 3 is 2.20 bits per heavy atom. The van der Waals surface area contributed by atoms with E-state index in [0.717, 1.165) is 19.3 Å². The molecule has 3 amide bonds. The molecule has 1 aliphatic heterocycles. The van der Waals surface area contributed by atoms with Gasteiger partial charge in [-0.15, -0.1) is 0 Å². The monoisotopic (exact) mass is 281 g/mol. The molecule has 5 heteroatoms. The predicted molar refractivity (Wildman–Crippen MR) is 78.5 cm³/mol. The number of piperazine rings is 1. The first kappa shape index (κ1) is 15.1. The summed E-state index contributed by atoms with van der Waals surface area (Å²) >= 11 is 0. The van der Waals surface area contributed by atoms with Crippen LogP contribution in [0.5, 0.6) is 0 Å². The Labute approximate surface area is 121 Å². The summed E-state index contributed by atoms with van der Waals surface area (Å²) in [5.41, 5.74) is 0. The SMILES string of the molecule is CCCC(=O)N1CCN(C(=O)NC2CCCCC2)CC1. The van der Waals surface area contributed by atoms with Crippen LogP contribution in [0.1, 0.15) is 51.9 Å². The van der Waals surface area contributed by atoms with Crippen molar-refractivity contribution >= 4 is 11.9 Å². The largest absolute Gasteiger partial charge is 0.339 e. The summed E-state index contributed by atoms with van der Waals surface area (Å²) in [6, 6.07) is 0.412. The molecule has 0 aromatic rings. The fourth-order valence-corrected chi connectivity index (χ4v) is 3.04. The van der Waals surface area contributed by atoms with Crippen LogP contribution in [-0.2, 0) is 4.79 Å². The summed E-state index contributed by atoms with van der Waals surface area (Å²) in [6.07, 6.45) is 7.48. The molecular formula is C15H27N3O2. The van der Waals surface area contributed by atoms with E-state index in [9.17, 15) is 9.59 Å². The highest BCUT2D eigenvalue weighted by atomic mass is 16.2. The van der Waals surface area contributed by atoms with E-state index in [4.69, 9.17) is 0 Å². The lowest BCUT2D eigenvalue weighted by Gasteiger charge is -2.36. The van der Waals surface area contributed by atoms with Gasteiger partial charge in [0, 0.05) is 38.6 Å². The van der Waals surface area contributed by atoms with Crippen LogP contribution in [0.4, 0.5) is 4.79 Å². The van der Waals surface area contributed by atoms with Crippen molar-refractivity contribution in [3.8, 4) is 0 Å². The molecule has 5 nitrogen and oxygen atoms in total. The topological polar surface area (TPSA) is 52.7 Å². The van der Waals surface area contributed by atoms with Crippen molar-refractivity contribution in [2.45, 2.75) is 57.9 Å². The number of carbonyl (C=O) groups excluding carboxylic acids is 2. The molecule has 1 aliphatic carbocycles. The fourth-order valence-electron chi connectivity index (χ4n) is 3.04. The molecule has 1 saturated carbocycles. The molecule has 2 fully saturated rings. The first-order valence-corrected chi connectivity index (χ1v) is 8.04. The van der Waals surface area contributed by atoms with Gasteiger partial charge < -0.3 is 15.1 Å². The zero-order chi connectivity index (χ0) is 14.4. The van der Waals surface area contributed by atoms with Gasteiger partial charge in [-0.3, -0.25) is 4.79 Å². The molecule has 0 atom stereocenters. The Balaban J connectivity index is 1.72. The summed E-state index contributed by atoms with van der Waals surface area (Å²) < 4.78 is 0. The molecule has 20 heavy (non-hydrogen) atoms. The van der Waals surface area contributed by atoms with E-state index in [2.05, 4.69) is 5.32 Å². The van der Waals surface area contributed by atoms with Gasteiger partial charge in [-0.25, -0.2) is 4.79 Å². The van der Waals surface area contributed by atoms with Gasteiger partial charge in [-0.1, -0.05) is 26.2 Å². The van der Waals surface area contributed by atoms with Gasteiger partial charge in [0.2, 0.25) is 5.91 Å². The second kappa shape index (κ2) is 7.50. The minimum Gasteiger partial charge on any atom is -0.339 e. The second-order valence-electron chi connectivity index (χ2n) is 5.90. The van der Waals surface area contributed by atoms with E-state index >= 15 is 0 Å². The minimum atomic E-state index is 0.0551. The molecule has 1 N–H and O–H groups in total. The van der Waals surface area contributed by atoms with Crippen molar-refractivity contribution in [3.05, 3.63) is 0 Å². The van der Waals surface area contributed by atoms with Crippen molar-refractivity contribution < 1.29 is 9.59 Å². The highest BCUT2D eigenvalue weighted by molar-refractivity contribution is 5.77. The van der Waals surface area contributed by atoms with Gasteiger partial charge in [0.1, 0.15) is 0 Å². The highest BCUT2D eigenvalue weighted by Gasteiger charge is 2.25. The van der Waals surface area contributed by atoms with Gasteiger partial charge in [0.05, 0.1) is 0 Å². The average Bonchev–Trinajstić information content (AvgIpc) is 2.48. The molecule has 0 aromatic carbocycles. The third-order valence-corrected chi connectivity index (χ3v) is 4.32. The maximum atomic E-state index is 12.2. The maximum Gasteiger partial charge on any atom is 0.317 e. The Morgan fingerprint density at radius 2 is 1.60 bits per heavy atom. The first-order valence-electron chi connectivity index (χ1n) is 8.04. The third kappa shape index (κ3) is 4.12. The summed E-state index contributed by atoms with van der Waals surface area (Å²) in [7, 11) is 0. The zero-order valence-corrected chi connectivity index (χ0v) is 12.6. The van der Waals surface area contributed by atoms with Crippen LogP contribution in [0.15, 0.2) is 0 Å². The average molecular weight is 281 g/mol. The molecule has 0 bridgehead atoms. The summed E-state index contributed by atoms with van der Waals surface area (Å²) in [5, 5.41) is 3.14. The third-order valence-electron chi connectivity index (χ3n) is 4.32. The van der Waals surface area contributed by atoms with Crippen LogP contribution >= 0.6 is 0 Å².